The number of hydrogen-bond acceptors (Lipinski definition) is 5. The number of hydrogen-bond donors (Lipinski definition) is 0. The molecular weight excluding hydrogens is 513 g/mol. The molecule has 7 nitrogen and oxygen atoms in total. The molecule has 0 fully saturated rings. The van der Waals surface area contributed by atoms with E-state index in [1.165, 1.54) is 9.91 Å². The number of carbonyl (C=O) groups excluding carboxylic acids is 2. The maximum absolute atomic E-state index is 13.7. The fourth-order valence-electron chi connectivity index (χ4n) is 4.18. The highest BCUT2D eigenvalue weighted by Gasteiger charge is 2.35. The van der Waals surface area contributed by atoms with Crippen LogP contribution in [0.2, 0.25) is 10.0 Å². The molecule has 1 atom stereocenters. The Labute approximate surface area is 226 Å². The first-order chi connectivity index (χ1) is 17.9. The van der Waals surface area contributed by atoms with Gasteiger partial charge in [-0.2, -0.15) is 5.10 Å². The van der Waals surface area contributed by atoms with Crippen molar-refractivity contribution in [3.63, 3.8) is 0 Å². The van der Waals surface area contributed by atoms with Gasteiger partial charge in [-0.15, -0.1) is 0 Å². The Hall–Kier alpha value is -3.39. The molecule has 0 saturated heterocycles. The summed E-state index contributed by atoms with van der Waals surface area (Å²) in [5, 5.41) is 7.01. The minimum absolute atomic E-state index is 0.195. The number of rotatable bonds is 9. The molecular formula is C28H27Cl2N3O4. The zero-order chi connectivity index (χ0) is 26.4. The zero-order valence-electron chi connectivity index (χ0n) is 20.6. The van der Waals surface area contributed by atoms with Gasteiger partial charge in [0.25, 0.3) is 11.8 Å². The standard InChI is InChI=1S/C28H27Cl2N3O4/c1-36-16-15-32(28(35)22-8-4-6-10-24(22)30)18-27(34)33-26(19-11-13-20(37-2)14-12-19)17-25(31-33)21-7-3-5-9-23(21)29/h3-14,26H,15-18H2,1-2H3/t26-/m1/s1. The fraction of sp³-hybridized carbons (Fsp3) is 0.250. The number of benzene rings is 3. The molecule has 0 saturated carbocycles. The molecule has 37 heavy (non-hydrogen) atoms. The first-order valence-corrected chi connectivity index (χ1v) is 12.5. The lowest BCUT2D eigenvalue weighted by Crippen LogP contribution is -2.42. The molecule has 2 amide bonds. The third-order valence-electron chi connectivity index (χ3n) is 6.13. The van der Waals surface area contributed by atoms with Gasteiger partial charge < -0.3 is 14.4 Å². The van der Waals surface area contributed by atoms with E-state index in [9.17, 15) is 9.59 Å². The Morgan fingerprint density at radius 1 is 0.973 bits per heavy atom. The lowest BCUT2D eigenvalue weighted by Gasteiger charge is -2.27. The number of hydrazone groups is 1. The molecule has 0 spiro atoms. The van der Waals surface area contributed by atoms with E-state index in [1.807, 2.05) is 42.5 Å². The van der Waals surface area contributed by atoms with Crippen LogP contribution in [-0.4, -0.2) is 61.4 Å². The second-order valence-corrected chi connectivity index (χ2v) is 9.27. The van der Waals surface area contributed by atoms with Crippen LogP contribution in [0.25, 0.3) is 0 Å². The average molecular weight is 540 g/mol. The predicted octanol–water partition coefficient (Wildman–Crippen LogP) is 5.47. The second kappa shape index (κ2) is 12.2. The first-order valence-electron chi connectivity index (χ1n) is 11.7. The third kappa shape index (κ3) is 6.13. The number of amides is 2. The Balaban J connectivity index is 1.65. The number of carbonyl (C=O) groups is 2. The van der Waals surface area contributed by atoms with Crippen LogP contribution in [-0.2, 0) is 9.53 Å². The van der Waals surface area contributed by atoms with Crippen LogP contribution in [0.15, 0.2) is 77.9 Å². The number of nitrogens with zero attached hydrogens (tertiary/aromatic N) is 3. The molecule has 0 aromatic heterocycles. The summed E-state index contributed by atoms with van der Waals surface area (Å²) in [7, 11) is 3.14. The van der Waals surface area contributed by atoms with Crippen molar-refractivity contribution in [3.05, 3.63) is 99.5 Å². The highest BCUT2D eigenvalue weighted by molar-refractivity contribution is 6.34. The van der Waals surface area contributed by atoms with Crippen molar-refractivity contribution in [2.75, 3.05) is 33.9 Å². The largest absolute Gasteiger partial charge is 0.497 e. The normalized spacial score (nSPS) is 14.9. The molecule has 0 unspecified atom stereocenters. The molecule has 1 heterocycles. The highest BCUT2D eigenvalue weighted by Crippen LogP contribution is 2.35. The Kier molecular flexibility index (Phi) is 8.82. The molecule has 1 aliphatic heterocycles. The molecule has 0 radical (unpaired) electrons. The van der Waals surface area contributed by atoms with Crippen molar-refractivity contribution in [1.29, 1.82) is 0 Å². The molecule has 0 bridgehead atoms. The van der Waals surface area contributed by atoms with Crippen molar-refractivity contribution < 1.29 is 19.1 Å². The monoisotopic (exact) mass is 539 g/mol. The maximum Gasteiger partial charge on any atom is 0.262 e. The van der Waals surface area contributed by atoms with Crippen molar-refractivity contribution in [3.8, 4) is 5.75 Å². The maximum atomic E-state index is 13.7. The van der Waals surface area contributed by atoms with E-state index in [-0.39, 0.29) is 37.6 Å². The fourth-order valence-corrected chi connectivity index (χ4v) is 4.64. The van der Waals surface area contributed by atoms with E-state index >= 15 is 0 Å². The summed E-state index contributed by atoms with van der Waals surface area (Å²) in [6.07, 6.45) is 0.471. The van der Waals surface area contributed by atoms with Crippen molar-refractivity contribution in [2.45, 2.75) is 12.5 Å². The summed E-state index contributed by atoms with van der Waals surface area (Å²) in [6.45, 7) is 0.285. The second-order valence-electron chi connectivity index (χ2n) is 8.46. The van der Waals surface area contributed by atoms with Crippen LogP contribution in [0.4, 0.5) is 0 Å². The van der Waals surface area contributed by atoms with Crippen LogP contribution < -0.4 is 4.74 Å². The first kappa shape index (κ1) is 26.7. The summed E-state index contributed by atoms with van der Waals surface area (Å²) in [5.41, 5.74) is 2.67. The zero-order valence-corrected chi connectivity index (χ0v) is 22.1. The van der Waals surface area contributed by atoms with Crippen LogP contribution >= 0.6 is 23.2 Å². The van der Waals surface area contributed by atoms with E-state index in [2.05, 4.69) is 0 Å². The van der Waals surface area contributed by atoms with Gasteiger partial charge in [-0.3, -0.25) is 9.59 Å². The number of halogens is 2. The minimum atomic E-state index is -0.371. The van der Waals surface area contributed by atoms with Gasteiger partial charge in [0.05, 0.1) is 36.1 Å². The molecule has 3 aromatic rings. The van der Waals surface area contributed by atoms with E-state index in [1.54, 1.807) is 44.6 Å². The van der Waals surface area contributed by atoms with Gasteiger partial charge in [0.15, 0.2) is 0 Å². The summed E-state index contributed by atoms with van der Waals surface area (Å²) < 4.78 is 10.5. The quantitative estimate of drug-likeness (QED) is 0.361. The Bertz CT molecular complexity index is 1300. The number of ether oxygens (including phenoxy) is 2. The molecule has 4 rings (SSSR count). The van der Waals surface area contributed by atoms with E-state index < -0.39 is 0 Å². The molecule has 0 N–H and O–H groups in total. The van der Waals surface area contributed by atoms with Gasteiger partial charge in [-0.05, 0) is 35.9 Å². The van der Waals surface area contributed by atoms with Gasteiger partial charge in [0.2, 0.25) is 0 Å². The van der Waals surface area contributed by atoms with Crippen molar-refractivity contribution in [2.24, 2.45) is 5.10 Å². The van der Waals surface area contributed by atoms with Gasteiger partial charge in [0.1, 0.15) is 12.3 Å². The molecule has 9 heteroatoms. The SMILES string of the molecule is COCCN(CC(=O)N1N=C(c2ccccc2Cl)C[C@@H]1c1ccc(OC)cc1)C(=O)c1ccccc1Cl. The predicted molar refractivity (Wildman–Crippen MR) is 144 cm³/mol. The summed E-state index contributed by atoms with van der Waals surface area (Å²) in [4.78, 5) is 28.5. The van der Waals surface area contributed by atoms with Gasteiger partial charge in [-0.25, -0.2) is 5.01 Å². The lowest BCUT2D eigenvalue weighted by molar-refractivity contribution is -0.133. The topological polar surface area (TPSA) is 71.4 Å². The van der Waals surface area contributed by atoms with E-state index in [0.29, 0.717) is 33.5 Å². The van der Waals surface area contributed by atoms with E-state index in [4.69, 9.17) is 37.8 Å². The van der Waals surface area contributed by atoms with Gasteiger partial charge in [0, 0.05) is 30.7 Å². The summed E-state index contributed by atoms with van der Waals surface area (Å²) >= 11 is 12.7. The van der Waals surface area contributed by atoms with Crippen LogP contribution in [0.1, 0.15) is 33.9 Å². The summed E-state index contributed by atoms with van der Waals surface area (Å²) in [5.74, 6) is 0.0221. The summed E-state index contributed by atoms with van der Waals surface area (Å²) in [6, 6.07) is 21.3. The molecule has 0 aliphatic carbocycles. The Morgan fingerprint density at radius 2 is 1.65 bits per heavy atom. The van der Waals surface area contributed by atoms with Crippen LogP contribution in [0, 0.1) is 0 Å². The van der Waals surface area contributed by atoms with Crippen molar-refractivity contribution >= 4 is 40.7 Å². The third-order valence-corrected chi connectivity index (χ3v) is 6.79. The highest BCUT2D eigenvalue weighted by atomic mass is 35.5. The van der Waals surface area contributed by atoms with E-state index in [0.717, 1.165) is 11.1 Å². The molecule has 3 aromatic carbocycles. The van der Waals surface area contributed by atoms with Crippen molar-refractivity contribution in [1.82, 2.24) is 9.91 Å². The smallest absolute Gasteiger partial charge is 0.262 e. The Morgan fingerprint density at radius 3 is 2.30 bits per heavy atom. The number of methoxy groups -OCH3 is 2. The van der Waals surface area contributed by atoms with Crippen LogP contribution in [0.3, 0.4) is 0 Å². The minimum Gasteiger partial charge on any atom is -0.497 e. The van der Waals surface area contributed by atoms with Gasteiger partial charge in [-0.1, -0.05) is 65.7 Å². The van der Waals surface area contributed by atoms with Gasteiger partial charge >= 0.3 is 0 Å². The van der Waals surface area contributed by atoms with Crippen LogP contribution in [0.5, 0.6) is 5.75 Å². The molecule has 1 aliphatic rings. The lowest BCUT2D eigenvalue weighted by atomic mass is 9.98. The molecule has 192 valence electrons. The average Bonchev–Trinajstić information content (AvgIpc) is 3.36.